The van der Waals surface area contributed by atoms with Crippen LogP contribution in [-0.2, 0) is 12.7 Å². The second kappa shape index (κ2) is 8.11. The van der Waals surface area contributed by atoms with Gasteiger partial charge < -0.3 is 19.5 Å². The molecular formula is C17H21F3N4O2. The lowest BCUT2D eigenvalue weighted by Gasteiger charge is -2.20. The van der Waals surface area contributed by atoms with Gasteiger partial charge in [0.25, 0.3) is 0 Å². The van der Waals surface area contributed by atoms with Gasteiger partial charge in [-0.05, 0) is 32.0 Å². The van der Waals surface area contributed by atoms with Crippen LogP contribution in [0.15, 0.2) is 30.6 Å². The molecule has 0 radical (unpaired) electrons. The van der Waals surface area contributed by atoms with Crippen molar-refractivity contribution in [3.05, 3.63) is 42.0 Å². The Morgan fingerprint density at radius 2 is 2.12 bits per heavy atom. The van der Waals surface area contributed by atoms with E-state index in [1.165, 1.54) is 17.0 Å². The number of likely N-dealkylation sites (N-methyl/N-ethyl adjacent to an activating group) is 1. The summed E-state index contributed by atoms with van der Waals surface area (Å²) in [7, 11) is 1.57. The monoisotopic (exact) mass is 370 g/mol. The fraction of sp³-hybridized carbons (Fsp3) is 0.412. The minimum atomic E-state index is -4.57. The molecule has 0 unspecified atom stereocenters. The number of ether oxygens (including phenoxy) is 1. The van der Waals surface area contributed by atoms with E-state index in [4.69, 9.17) is 4.74 Å². The van der Waals surface area contributed by atoms with E-state index in [2.05, 4.69) is 10.3 Å². The van der Waals surface area contributed by atoms with Crippen molar-refractivity contribution in [2.24, 2.45) is 0 Å². The molecule has 0 fully saturated rings. The predicted molar refractivity (Wildman–Crippen MR) is 91.2 cm³/mol. The average molecular weight is 370 g/mol. The third-order valence-electron chi connectivity index (χ3n) is 3.78. The summed E-state index contributed by atoms with van der Waals surface area (Å²) in [5, 5.41) is 2.47. The van der Waals surface area contributed by atoms with Gasteiger partial charge in [0.05, 0.1) is 12.2 Å². The van der Waals surface area contributed by atoms with Crippen molar-refractivity contribution in [3.63, 3.8) is 0 Å². The zero-order chi connectivity index (χ0) is 19.3. The average Bonchev–Trinajstić information content (AvgIpc) is 2.98. The maximum Gasteiger partial charge on any atom is 0.420 e. The number of aromatic nitrogens is 2. The highest BCUT2D eigenvalue weighted by atomic mass is 19.4. The molecule has 1 heterocycles. The Hall–Kier alpha value is -2.71. The molecule has 26 heavy (non-hydrogen) atoms. The van der Waals surface area contributed by atoms with Crippen LogP contribution >= 0.6 is 0 Å². The maximum atomic E-state index is 13.2. The molecule has 1 N–H and O–H groups in total. The Morgan fingerprint density at radius 1 is 1.38 bits per heavy atom. The van der Waals surface area contributed by atoms with E-state index < -0.39 is 17.8 Å². The number of amides is 2. The second-order valence-electron chi connectivity index (χ2n) is 5.66. The first-order chi connectivity index (χ1) is 12.2. The molecular weight excluding hydrogens is 349 g/mol. The number of carbonyl (C=O) groups is 1. The van der Waals surface area contributed by atoms with Crippen LogP contribution in [0.5, 0.6) is 5.75 Å². The van der Waals surface area contributed by atoms with E-state index in [0.29, 0.717) is 13.1 Å². The third-order valence-corrected chi connectivity index (χ3v) is 3.78. The Labute approximate surface area is 149 Å². The number of hydrogen-bond donors (Lipinski definition) is 1. The van der Waals surface area contributed by atoms with Crippen molar-refractivity contribution in [1.29, 1.82) is 0 Å². The van der Waals surface area contributed by atoms with Gasteiger partial charge in [0, 0.05) is 38.2 Å². The molecule has 9 heteroatoms. The lowest BCUT2D eigenvalue weighted by Crippen LogP contribution is -2.34. The number of aryl methyl sites for hydroxylation is 1. The standard InChI is InChI=1S/C17H21F3N4O2/c1-4-26-15-6-5-13(11-14(15)17(18,19)20)22-16(25)23(3)9-10-24-8-7-21-12(24)2/h5-8,11H,4,9-10H2,1-3H3,(H,22,25). The molecule has 0 atom stereocenters. The molecule has 0 spiro atoms. The van der Waals surface area contributed by atoms with E-state index in [-0.39, 0.29) is 18.0 Å². The summed E-state index contributed by atoms with van der Waals surface area (Å²) < 4.78 is 46.3. The number of urea groups is 1. The summed E-state index contributed by atoms with van der Waals surface area (Å²) in [5.41, 5.74) is -0.870. The van der Waals surface area contributed by atoms with Gasteiger partial charge in [0.15, 0.2) is 0 Å². The van der Waals surface area contributed by atoms with Crippen molar-refractivity contribution >= 4 is 11.7 Å². The van der Waals surface area contributed by atoms with Crippen LogP contribution < -0.4 is 10.1 Å². The Morgan fingerprint density at radius 3 is 2.69 bits per heavy atom. The van der Waals surface area contributed by atoms with E-state index in [9.17, 15) is 18.0 Å². The molecule has 6 nitrogen and oxygen atoms in total. The van der Waals surface area contributed by atoms with Gasteiger partial charge in [-0.25, -0.2) is 9.78 Å². The highest BCUT2D eigenvalue weighted by Crippen LogP contribution is 2.37. The van der Waals surface area contributed by atoms with E-state index >= 15 is 0 Å². The summed E-state index contributed by atoms with van der Waals surface area (Å²) in [5.74, 6) is 0.557. The molecule has 2 amide bonds. The number of alkyl halides is 3. The normalized spacial score (nSPS) is 11.3. The van der Waals surface area contributed by atoms with Gasteiger partial charge >= 0.3 is 12.2 Å². The highest BCUT2D eigenvalue weighted by molar-refractivity contribution is 5.89. The van der Waals surface area contributed by atoms with Gasteiger partial charge in [0.1, 0.15) is 11.6 Å². The number of nitrogens with one attached hydrogen (secondary N) is 1. The van der Waals surface area contributed by atoms with Crippen molar-refractivity contribution in [1.82, 2.24) is 14.5 Å². The van der Waals surface area contributed by atoms with E-state index in [0.717, 1.165) is 11.9 Å². The lowest BCUT2D eigenvalue weighted by atomic mass is 10.1. The molecule has 0 saturated heterocycles. The van der Waals surface area contributed by atoms with Crippen LogP contribution in [0.1, 0.15) is 18.3 Å². The van der Waals surface area contributed by atoms with Gasteiger partial charge in [-0.1, -0.05) is 0 Å². The van der Waals surface area contributed by atoms with Gasteiger partial charge in [-0.15, -0.1) is 0 Å². The summed E-state index contributed by atoms with van der Waals surface area (Å²) in [4.78, 5) is 17.7. The van der Waals surface area contributed by atoms with E-state index in [1.54, 1.807) is 26.4 Å². The largest absolute Gasteiger partial charge is 0.493 e. The SMILES string of the molecule is CCOc1ccc(NC(=O)N(C)CCn2ccnc2C)cc1C(F)(F)F. The first kappa shape index (κ1) is 19.6. The molecule has 2 rings (SSSR count). The number of imidazole rings is 1. The van der Waals surface area contributed by atoms with Crippen molar-refractivity contribution < 1.29 is 22.7 Å². The molecule has 1 aromatic heterocycles. The fourth-order valence-corrected chi connectivity index (χ4v) is 2.33. The first-order valence-corrected chi connectivity index (χ1v) is 8.06. The Balaban J connectivity index is 2.04. The van der Waals surface area contributed by atoms with E-state index in [1.807, 2.05) is 11.5 Å². The quantitative estimate of drug-likeness (QED) is 0.842. The van der Waals surface area contributed by atoms with Crippen molar-refractivity contribution in [2.45, 2.75) is 26.6 Å². The van der Waals surface area contributed by atoms with Crippen LogP contribution in [0.3, 0.4) is 0 Å². The third kappa shape index (κ3) is 4.90. The Kier molecular flexibility index (Phi) is 6.12. The molecule has 0 aliphatic heterocycles. The van der Waals surface area contributed by atoms with Crippen molar-refractivity contribution in [2.75, 3.05) is 25.5 Å². The zero-order valence-electron chi connectivity index (χ0n) is 14.8. The lowest BCUT2D eigenvalue weighted by molar-refractivity contribution is -0.138. The fourth-order valence-electron chi connectivity index (χ4n) is 2.33. The van der Waals surface area contributed by atoms with Crippen LogP contribution in [0.25, 0.3) is 0 Å². The minimum Gasteiger partial charge on any atom is -0.493 e. The molecule has 2 aromatic rings. The van der Waals surface area contributed by atoms with Crippen LogP contribution in [-0.4, -0.2) is 40.7 Å². The smallest absolute Gasteiger partial charge is 0.420 e. The van der Waals surface area contributed by atoms with Crippen LogP contribution in [0.4, 0.5) is 23.7 Å². The zero-order valence-corrected chi connectivity index (χ0v) is 14.8. The minimum absolute atomic E-state index is 0.0523. The topological polar surface area (TPSA) is 59.4 Å². The van der Waals surface area contributed by atoms with Gasteiger partial charge in [0.2, 0.25) is 0 Å². The summed E-state index contributed by atoms with van der Waals surface area (Å²) in [6, 6.07) is 2.96. The molecule has 142 valence electrons. The number of rotatable bonds is 6. The van der Waals surface area contributed by atoms with Crippen LogP contribution in [0.2, 0.25) is 0 Å². The summed E-state index contributed by atoms with van der Waals surface area (Å²) >= 11 is 0. The number of anilines is 1. The number of benzene rings is 1. The molecule has 0 saturated carbocycles. The number of carbonyl (C=O) groups excluding carboxylic acids is 1. The van der Waals surface area contributed by atoms with Crippen molar-refractivity contribution in [3.8, 4) is 5.75 Å². The number of nitrogens with zero attached hydrogens (tertiary/aromatic N) is 3. The first-order valence-electron chi connectivity index (χ1n) is 8.06. The predicted octanol–water partition coefficient (Wildman–Crippen LogP) is 3.77. The summed E-state index contributed by atoms with van der Waals surface area (Å²) in [6.07, 6.45) is -1.12. The molecule has 0 aliphatic carbocycles. The molecule has 1 aromatic carbocycles. The number of hydrogen-bond acceptors (Lipinski definition) is 3. The Bertz CT molecular complexity index is 759. The maximum absolute atomic E-state index is 13.2. The van der Waals surface area contributed by atoms with Gasteiger partial charge in [-0.2, -0.15) is 13.2 Å². The second-order valence-corrected chi connectivity index (χ2v) is 5.66. The van der Waals surface area contributed by atoms with Crippen LogP contribution in [0, 0.1) is 6.92 Å². The molecule has 0 bridgehead atoms. The molecule has 0 aliphatic rings. The van der Waals surface area contributed by atoms with Gasteiger partial charge in [-0.3, -0.25) is 0 Å². The number of halogens is 3. The summed E-state index contributed by atoms with van der Waals surface area (Å²) in [6.45, 7) is 4.48. The highest BCUT2D eigenvalue weighted by Gasteiger charge is 2.34.